The first-order valence-corrected chi connectivity index (χ1v) is 7.57. The molecule has 0 spiro atoms. The van der Waals surface area contributed by atoms with Gasteiger partial charge in [-0.2, -0.15) is 0 Å². The molecule has 1 heterocycles. The fraction of sp³-hybridized carbons (Fsp3) is 0.100. The van der Waals surface area contributed by atoms with Crippen molar-refractivity contribution in [3.05, 3.63) is 78.1 Å². The first kappa shape index (κ1) is 15.0. The van der Waals surface area contributed by atoms with Crippen molar-refractivity contribution in [2.75, 3.05) is 0 Å². The highest BCUT2D eigenvalue weighted by Crippen LogP contribution is 2.26. The molecule has 114 valence electrons. The van der Waals surface area contributed by atoms with Gasteiger partial charge in [0, 0.05) is 17.5 Å². The van der Waals surface area contributed by atoms with Crippen molar-refractivity contribution < 1.29 is 9.90 Å². The second-order valence-electron chi connectivity index (χ2n) is 5.31. The average molecular weight is 303 g/mol. The fourth-order valence-electron chi connectivity index (χ4n) is 2.63. The van der Waals surface area contributed by atoms with Gasteiger partial charge in [-0.15, -0.1) is 0 Å². The predicted octanol–water partition coefficient (Wildman–Crippen LogP) is 4.68. The van der Waals surface area contributed by atoms with E-state index in [0.717, 1.165) is 34.4 Å². The van der Waals surface area contributed by atoms with E-state index in [2.05, 4.69) is 42.2 Å². The van der Waals surface area contributed by atoms with Crippen LogP contribution in [0.3, 0.4) is 0 Å². The van der Waals surface area contributed by atoms with Gasteiger partial charge in [-0.3, -0.25) is 4.98 Å². The van der Waals surface area contributed by atoms with Gasteiger partial charge in [0.1, 0.15) is 0 Å². The van der Waals surface area contributed by atoms with E-state index < -0.39 is 5.97 Å². The summed E-state index contributed by atoms with van der Waals surface area (Å²) in [7, 11) is 0. The minimum atomic E-state index is -0.907. The van der Waals surface area contributed by atoms with E-state index in [1.807, 2.05) is 24.4 Å². The molecule has 0 bridgehead atoms. The van der Waals surface area contributed by atoms with Gasteiger partial charge >= 0.3 is 5.97 Å². The van der Waals surface area contributed by atoms with Gasteiger partial charge in [-0.25, -0.2) is 4.79 Å². The molecule has 3 heteroatoms. The number of nitrogens with zero attached hydrogens (tertiary/aromatic N) is 1. The molecule has 2 aromatic carbocycles. The minimum Gasteiger partial charge on any atom is -0.478 e. The molecule has 0 atom stereocenters. The van der Waals surface area contributed by atoms with Gasteiger partial charge < -0.3 is 5.11 Å². The molecule has 0 radical (unpaired) electrons. The smallest absolute Gasteiger partial charge is 0.335 e. The van der Waals surface area contributed by atoms with Crippen LogP contribution in [0.1, 0.15) is 23.0 Å². The second-order valence-corrected chi connectivity index (χ2v) is 5.31. The fourth-order valence-corrected chi connectivity index (χ4v) is 2.63. The van der Waals surface area contributed by atoms with Crippen molar-refractivity contribution in [1.29, 1.82) is 0 Å². The third-order valence-corrected chi connectivity index (χ3v) is 3.89. The largest absolute Gasteiger partial charge is 0.478 e. The maximum Gasteiger partial charge on any atom is 0.335 e. The van der Waals surface area contributed by atoms with E-state index in [1.165, 1.54) is 0 Å². The number of aromatic carboxylic acids is 1. The highest BCUT2D eigenvalue weighted by molar-refractivity contribution is 5.88. The van der Waals surface area contributed by atoms with Crippen molar-refractivity contribution >= 4 is 5.97 Å². The number of carboxylic acid groups (broad SMARTS) is 1. The van der Waals surface area contributed by atoms with Crippen molar-refractivity contribution in [2.45, 2.75) is 13.3 Å². The lowest BCUT2D eigenvalue weighted by molar-refractivity contribution is 0.0697. The van der Waals surface area contributed by atoms with E-state index in [-0.39, 0.29) is 0 Å². The zero-order valence-corrected chi connectivity index (χ0v) is 12.9. The van der Waals surface area contributed by atoms with Crippen LogP contribution in [0.25, 0.3) is 22.3 Å². The molecule has 1 N–H and O–H groups in total. The summed E-state index contributed by atoms with van der Waals surface area (Å²) in [5.74, 6) is -0.907. The molecule has 3 rings (SSSR count). The average Bonchev–Trinajstić information content (AvgIpc) is 2.62. The maximum absolute atomic E-state index is 10.9. The molecule has 0 saturated heterocycles. The topological polar surface area (TPSA) is 50.2 Å². The Hall–Kier alpha value is -2.94. The highest BCUT2D eigenvalue weighted by atomic mass is 16.4. The molecule has 0 amide bonds. The number of pyridine rings is 1. The van der Waals surface area contributed by atoms with Crippen LogP contribution in [0, 0.1) is 0 Å². The molecule has 23 heavy (non-hydrogen) atoms. The summed E-state index contributed by atoms with van der Waals surface area (Å²) in [4.78, 5) is 15.3. The predicted molar refractivity (Wildman–Crippen MR) is 91.4 cm³/mol. The summed E-state index contributed by atoms with van der Waals surface area (Å²) >= 11 is 0. The van der Waals surface area contributed by atoms with Crippen molar-refractivity contribution in [2.24, 2.45) is 0 Å². The molecule has 0 aliphatic carbocycles. The number of aromatic nitrogens is 1. The number of carbonyl (C=O) groups is 1. The third kappa shape index (κ3) is 3.14. The van der Waals surface area contributed by atoms with Crippen LogP contribution in [0.5, 0.6) is 0 Å². The summed E-state index contributed by atoms with van der Waals surface area (Å²) in [6.07, 6.45) is 2.72. The Morgan fingerprint density at radius 3 is 2.04 bits per heavy atom. The van der Waals surface area contributed by atoms with Gasteiger partial charge in [0.25, 0.3) is 0 Å². The summed E-state index contributed by atoms with van der Waals surface area (Å²) in [6.45, 7) is 2.10. The normalized spacial score (nSPS) is 10.5. The zero-order valence-electron chi connectivity index (χ0n) is 12.9. The SMILES string of the molecule is CCc1ncccc1-c1ccc(-c2ccc(C(=O)O)cc2)cc1. The lowest BCUT2D eigenvalue weighted by atomic mass is 9.98. The summed E-state index contributed by atoms with van der Waals surface area (Å²) in [5.41, 5.74) is 5.75. The van der Waals surface area contributed by atoms with Crippen molar-refractivity contribution in [3.8, 4) is 22.3 Å². The first-order chi connectivity index (χ1) is 11.2. The van der Waals surface area contributed by atoms with Gasteiger partial charge in [-0.05, 0) is 41.3 Å². The van der Waals surface area contributed by atoms with Crippen molar-refractivity contribution in [1.82, 2.24) is 4.98 Å². The van der Waals surface area contributed by atoms with Crippen molar-refractivity contribution in [3.63, 3.8) is 0 Å². The van der Waals surface area contributed by atoms with Gasteiger partial charge in [0.05, 0.1) is 5.56 Å². The Kier molecular flexibility index (Phi) is 4.20. The minimum absolute atomic E-state index is 0.299. The van der Waals surface area contributed by atoms with Gasteiger partial charge in [-0.1, -0.05) is 49.4 Å². The quantitative estimate of drug-likeness (QED) is 0.761. The highest BCUT2D eigenvalue weighted by Gasteiger charge is 2.06. The van der Waals surface area contributed by atoms with Crippen LogP contribution >= 0.6 is 0 Å². The Bertz CT molecular complexity index is 821. The monoisotopic (exact) mass is 303 g/mol. The Morgan fingerprint density at radius 2 is 1.48 bits per heavy atom. The second kappa shape index (κ2) is 6.44. The molecule has 0 saturated carbocycles. The van der Waals surface area contributed by atoms with E-state index in [0.29, 0.717) is 5.56 Å². The Balaban J connectivity index is 1.91. The summed E-state index contributed by atoms with van der Waals surface area (Å²) in [6, 6.07) is 19.2. The number of hydrogen-bond acceptors (Lipinski definition) is 2. The first-order valence-electron chi connectivity index (χ1n) is 7.57. The molecule has 0 unspecified atom stereocenters. The zero-order chi connectivity index (χ0) is 16.2. The third-order valence-electron chi connectivity index (χ3n) is 3.89. The molecule has 0 aliphatic heterocycles. The van der Waals surface area contributed by atoms with E-state index in [1.54, 1.807) is 12.1 Å². The lowest BCUT2D eigenvalue weighted by Gasteiger charge is -2.08. The standard InChI is InChI=1S/C20H17NO2/c1-2-19-18(4-3-13-21-19)16-9-5-14(6-10-16)15-7-11-17(12-8-15)20(22)23/h3-13H,2H2,1H3,(H,22,23). The number of carboxylic acids is 1. The number of rotatable bonds is 4. The lowest BCUT2D eigenvalue weighted by Crippen LogP contribution is -1.95. The van der Waals surface area contributed by atoms with Crippen LogP contribution in [0.15, 0.2) is 66.9 Å². The van der Waals surface area contributed by atoms with Crippen LogP contribution < -0.4 is 0 Å². The van der Waals surface area contributed by atoms with Crippen LogP contribution in [0.4, 0.5) is 0 Å². The molecule has 0 fully saturated rings. The Morgan fingerprint density at radius 1 is 0.913 bits per heavy atom. The van der Waals surface area contributed by atoms with E-state index >= 15 is 0 Å². The number of hydrogen-bond donors (Lipinski definition) is 1. The van der Waals surface area contributed by atoms with Crippen LogP contribution in [-0.4, -0.2) is 16.1 Å². The number of benzene rings is 2. The molecular formula is C20H17NO2. The molecule has 1 aromatic heterocycles. The molecular weight excluding hydrogens is 286 g/mol. The molecule has 3 nitrogen and oxygen atoms in total. The van der Waals surface area contributed by atoms with Gasteiger partial charge in [0.15, 0.2) is 0 Å². The summed E-state index contributed by atoms with van der Waals surface area (Å²) < 4.78 is 0. The summed E-state index contributed by atoms with van der Waals surface area (Å²) in [5, 5.41) is 8.95. The van der Waals surface area contributed by atoms with E-state index in [9.17, 15) is 4.79 Å². The molecule has 0 aliphatic rings. The maximum atomic E-state index is 10.9. The van der Waals surface area contributed by atoms with E-state index in [4.69, 9.17) is 5.11 Å². The van der Waals surface area contributed by atoms with Crippen LogP contribution in [0.2, 0.25) is 0 Å². The molecule has 3 aromatic rings. The Labute approximate surface area is 135 Å². The number of aryl methyl sites for hydroxylation is 1. The van der Waals surface area contributed by atoms with Crippen LogP contribution in [-0.2, 0) is 6.42 Å². The van der Waals surface area contributed by atoms with Gasteiger partial charge in [0.2, 0.25) is 0 Å².